The standard InChI is InChI=1S/C29H28N4O4.Na.H/c1-19(2)15-16-32-25-10-6-4-8-23(25)30-26(32)17-33-24-9-5-3-7-22(24)27(28(33)34)31-37-18-20-11-13-21(14-12-20)29(35)36;;/h3-14,19H,15-18H2,1-2H3,(H,35,36);;/q;+1;-1. The van der Waals surface area contributed by atoms with Crippen molar-refractivity contribution in [2.24, 2.45) is 11.1 Å². The van der Waals surface area contributed by atoms with Crippen molar-refractivity contribution in [2.75, 3.05) is 4.90 Å². The van der Waals surface area contributed by atoms with Gasteiger partial charge in [0.25, 0.3) is 5.91 Å². The van der Waals surface area contributed by atoms with Gasteiger partial charge in [0.1, 0.15) is 12.4 Å². The predicted molar refractivity (Wildman–Crippen MR) is 143 cm³/mol. The third kappa shape index (κ3) is 5.67. The average molecular weight is 521 g/mol. The van der Waals surface area contributed by atoms with E-state index in [-0.39, 0.29) is 54.8 Å². The number of aromatic carboxylic acids is 1. The van der Waals surface area contributed by atoms with E-state index < -0.39 is 5.97 Å². The minimum Gasteiger partial charge on any atom is -1.00 e. The molecule has 0 atom stereocenters. The summed E-state index contributed by atoms with van der Waals surface area (Å²) in [6.07, 6.45) is 1.01. The number of fused-ring (bicyclic) bond motifs is 2. The number of carbonyl (C=O) groups is 2. The largest absolute Gasteiger partial charge is 1.00 e. The fourth-order valence-corrected chi connectivity index (χ4v) is 4.45. The molecule has 0 fully saturated rings. The molecular formula is C29H29N4NaO4. The monoisotopic (exact) mass is 520 g/mol. The normalized spacial score (nSPS) is 13.7. The van der Waals surface area contributed by atoms with Crippen molar-refractivity contribution in [3.63, 3.8) is 0 Å². The molecule has 3 aromatic carbocycles. The number of anilines is 1. The summed E-state index contributed by atoms with van der Waals surface area (Å²) < 4.78 is 2.21. The summed E-state index contributed by atoms with van der Waals surface area (Å²) in [6.45, 7) is 5.65. The molecule has 1 N–H and O–H groups in total. The molecule has 5 rings (SSSR count). The van der Waals surface area contributed by atoms with E-state index in [9.17, 15) is 9.59 Å². The second-order valence-corrected chi connectivity index (χ2v) is 9.47. The second-order valence-electron chi connectivity index (χ2n) is 9.47. The Labute approximate surface area is 244 Å². The maximum absolute atomic E-state index is 13.5. The number of hydrogen-bond donors (Lipinski definition) is 1. The van der Waals surface area contributed by atoms with E-state index in [4.69, 9.17) is 14.9 Å². The quantitative estimate of drug-likeness (QED) is 0.270. The van der Waals surface area contributed by atoms with Crippen LogP contribution < -0.4 is 34.5 Å². The molecule has 0 bridgehead atoms. The molecule has 0 saturated heterocycles. The second kappa shape index (κ2) is 11.9. The van der Waals surface area contributed by atoms with Gasteiger partial charge in [-0.25, -0.2) is 9.78 Å². The molecule has 2 heterocycles. The van der Waals surface area contributed by atoms with Crippen molar-refractivity contribution in [1.29, 1.82) is 0 Å². The molecule has 8 nitrogen and oxygen atoms in total. The molecule has 4 aromatic rings. The van der Waals surface area contributed by atoms with Gasteiger partial charge in [0.05, 0.1) is 28.8 Å². The summed E-state index contributed by atoms with van der Waals surface area (Å²) in [5.41, 5.74) is 4.63. The first-order chi connectivity index (χ1) is 17.9. The van der Waals surface area contributed by atoms with Crippen LogP contribution in [0.5, 0.6) is 0 Å². The first-order valence-corrected chi connectivity index (χ1v) is 12.3. The van der Waals surface area contributed by atoms with E-state index in [1.165, 1.54) is 12.1 Å². The maximum Gasteiger partial charge on any atom is 1.00 e. The Balaban J connectivity index is 0.00000210. The molecule has 1 aliphatic rings. The number of aryl methyl sites for hydroxylation is 1. The number of amides is 1. The smallest absolute Gasteiger partial charge is 1.00 e. The van der Waals surface area contributed by atoms with Crippen molar-refractivity contribution < 1.29 is 50.5 Å². The van der Waals surface area contributed by atoms with E-state index in [0.717, 1.165) is 41.1 Å². The van der Waals surface area contributed by atoms with Gasteiger partial charge in [-0.05, 0) is 48.2 Å². The van der Waals surface area contributed by atoms with Crippen molar-refractivity contribution in [2.45, 2.75) is 40.0 Å². The van der Waals surface area contributed by atoms with Gasteiger partial charge in [-0.2, -0.15) is 0 Å². The van der Waals surface area contributed by atoms with Crippen LogP contribution in [0.25, 0.3) is 11.0 Å². The van der Waals surface area contributed by atoms with Crippen molar-refractivity contribution in [3.05, 3.63) is 95.3 Å². The first kappa shape index (κ1) is 27.6. The fraction of sp³-hybridized carbons (Fsp3) is 0.241. The number of rotatable bonds is 9. The molecule has 9 heteroatoms. The Kier molecular flexibility index (Phi) is 8.66. The zero-order valence-corrected chi connectivity index (χ0v) is 23.8. The molecule has 0 unspecified atom stereocenters. The number of aromatic nitrogens is 2. The summed E-state index contributed by atoms with van der Waals surface area (Å²) in [6, 6.07) is 21.9. The average Bonchev–Trinajstić information content (AvgIpc) is 3.38. The van der Waals surface area contributed by atoms with Gasteiger partial charge in [0, 0.05) is 12.1 Å². The number of para-hydroxylation sites is 3. The third-order valence-electron chi connectivity index (χ3n) is 6.45. The first-order valence-electron chi connectivity index (χ1n) is 12.3. The number of carboxylic acids is 1. The van der Waals surface area contributed by atoms with Crippen LogP contribution in [0.2, 0.25) is 0 Å². The summed E-state index contributed by atoms with van der Waals surface area (Å²) in [5.74, 6) is 0.133. The van der Waals surface area contributed by atoms with Crippen molar-refractivity contribution >= 4 is 34.3 Å². The van der Waals surface area contributed by atoms with Crippen LogP contribution in [0.15, 0.2) is 78.0 Å². The number of hydrogen-bond acceptors (Lipinski definition) is 5. The van der Waals surface area contributed by atoms with Gasteiger partial charge < -0.3 is 15.9 Å². The zero-order chi connectivity index (χ0) is 25.9. The summed E-state index contributed by atoms with van der Waals surface area (Å²) >= 11 is 0. The van der Waals surface area contributed by atoms with Gasteiger partial charge in [0.2, 0.25) is 0 Å². The van der Waals surface area contributed by atoms with E-state index in [2.05, 4.69) is 29.6 Å². The Morgan fingerprint density at radius 1 is 1.05 bits per heavy atom. The molecule has 0 aliphatic carbocycles. The fourth-order valence-electron chi connectivity index (χ4n) is 4.45. The van der Waals surface area contributed by atoms with E-state index in [0.29, 0.717) is 18.0 Å². The topological polar surface area (TPSA) is 97.0 Å². The van der Waals surface area contributed by atoms with Crippen molar-refractivity contribution in [3.8, 4) is 0 Å². The van der Waals surface area contributed by atoms with Gasteiger partial charge >= 0.3 is 35.5 Å². The molecular weight excluding hydrogens is 491 g/mol. The molecule has 1 aromatic heterocycles. The predicted octanol–water partition coefficient (Wildman–Crippen LogP) is 2.36. The van der Waals surface area contributed by atoms with E-state index in [1.807, 2.05) is 42.5 Å². The summed E-state index contributed by atoms with van der Waals surface area (Å²) in [4.78, 5) is 36.7. The van der Waals surface area contributed by atoms with Gasteiger partial charge in [-0.3, -0.25) is 9.69 Å². The van der Waals surface area contributed by atoms with Gasteiger partial charge in [-0.15, -0.1) is 0 Å². The van der Waals surface area contributed by atoms with Crippen LogP contribution in [-0.4, -0.2) is 32.2 Å². The summed E-state index contributed by atoms with van der Waals surface area (Å²) in [7, 11) is 0. The van der Waals surface area contributed by atoms with E-state index >= 15 is 0 Å². The van der Waals surface area contributed by atoms with Crippen LogP contribution in [0, 0.1) is 5.92 Å². The minimum atomic E-state index is -0.987. The number of carbonyl (C=O) groups excluding carboxylic acids is 1. The Hall–Kier alpha value is -3.46. The van der Waals surface area contributed by atoms with Gasteiger partial charge in [0.15, 0.2) is 5.71 Å². The number of nitrogens with zero attached hydrogens (tertiary/aromatic N) is 4. The number of imidazole rings is 1. The Bertz CT molecular complexity index is 1500. The molecule has 1 aliphatic heterocycles. The van der Waals surface area contributed by atoms with Crippen molar-refractivity contribution in [1.82, 2.24) is 9.55 Å². The van der Waals surface area contributed by atoms with E-state index in [1.54, 1.807) is 17.0 Å². The Morgan fingerprint density at radius 3 is 2.50 bits per heavy atom. The number of benzene rings is 3. The van der Waals surface area contributed by atoms with Gasteiger partial charge in [-0.1, -0.05) is 61.5 Å². The third-order valence-corrected chi connectivity index (χ3v) is 6.45. The molecule has 0 saturated carbocycles. The molecule has 38 heavy (non-hydrogen) atoms. The van der Waals surface area contributed by atoms with Crippen LogP contribution in [0.4, 0.5) is 5.69 Å². The van der Waals surface area contributed by atoms with Crippen LogP contribution in [0.3, 0.4) is 0 Å². The molecule has 1 amide bonds. The minimum absolute atomic E-state index is 0. The van der Waals surface area contributed by atoms with Crippen LogP contribution in [0.1, 0.15) is 49.0 Å². The zero-order valence-electron chi connectivity index (χ0n) is 22.8. The van der Waals surface area contributed by atoms with Crippen LogP contribution >= 0.6 is 0 Å². The number of carboxylic acid groups (broad SMARTS) is 1. The summed E-state index contributed by atoms with van der Waals surface area (Å²) in [5, 5.41) is 13.3. The molecule has 190 valence electrons. The SMILES string of the molecule is CC(C)CCn1c(CN2C(=O)C(=NOCc3ccc(C(=O)O)cc3)c3ccccc32)nc2ccccc21.[H-].[Na+]. The Morgan fingerprint density at radius 2 is 1.76 bits per heavy atom. The molecule has 0 spiro atoms. The number of oxime groups is 1. The molecule has 0 radical (unpaired) electrons. The maximum atomic E-state index is 13.5. The van der Waals surface area contributed by atoms with Crippen LogP contribution in [-0.2, 0) is 29.3 Å².